The highest BCUT2D eigenvalue weighted by atomic mass is 127. The second-order valence-corrected chi connectivity index (χ2v) is 9.32. The summed E-state index contributed by atoms with van der Waals surface area (Å²) in [6.45, 7) is 5.99. The van der Waals surface area contributed by atoms with Gasteiger partial charge >= 0.3 is 0 Å². The molecule has 1 fully saturated rings. The first-order valence-electron chi connectivity index (χ1n) is 8.91. The van der Waals surface area contributed by atoms with Crippen LogP contribution in [0, 0.1) is 24.3 Å². The zero-order chi connectivity index (χ0) is 20.4. The Morgan fingerprint density at radius 2 is 1.79 bits per heavy atom. The van der Waals surface area contributed by atoms with Crippen molar-refractivity contribution in [2.45, 2.75) is 32.4 Å². The lowest BCUT2D eigenvalue weighted by atomic mass is 10.0. The molecule has 2 aromatic rings. The predicted octanol–water partition coefficient (Wildman–Crippen LogP) is 4.81. The van der Waals surface area contributed by atoms with E-state index in [1.165, 1.54) is 16.7 Å². The monoisotopic (exact) mass is 507 g/mol. The van der Waals surface area contributed by atoms with Crippen LogP contribution in [-0.2, 0) is 9.59 Å². The minimum absolute atomic E-state index is 0.0956. The van der Waals surface area contributed by atoms with Crippen molar-refractivity contribution in [2.75, 3.05) is 12.4 Å². The molecule has 0 saturated carbocycles. The van der Waals surface area contributed by atoms with E-state index in [0.29, 0.717) is 5.17 Å². The molecule has 2 amide bonds. The predicted molar refractivity (Wildman–Crippen MR) is 124 cm³/mol. The van der Waals surface area contributed by atoms with E-state index in [4.69, 9.17) is 0 Å². The van der Waals surface area contributed by atoms with Gasteiger partial charge in [0.05, 0.1) is 5.69 Å². The number of amidine groups is 1. The number of carbonyl (C=O) groups is 2. The van der Waals surface area contributed by atoms with Gasteiger partial charge in [0.15, 0.2) is 5.17 Å². The van der Waals surface area contributed by atoms with Crippen LogP contribution in [0.1, 0.15) is 23.1 Å². The molecule has 2 aromatic carbocycles. The van der Waals surface area contributed by atoms with E-state index >= 15 is 0 Å². The highest BCUT2D eigenvalue weighted by Gasteiger charge is 2.37. The molecule has 1 atom stereocenters. The van der Waals surface area contributed by atoms with Gasteiger partial charge in [-0.05, 0) is 78.8 Å². The normalized spacial score (nSPS) is 18.0. The third-order valence-electron chi connectivity index (χ3n) is 4.50. The molecule has 0 spiro atoms. The molecule has 1 saturated heterocycles. The molecule has 1 aliphatic heterocycles. The first kappa shape index (κ1) is 20.9. The molecule has 0 aliphatic carbocycles. The van der Waals surface area contributed by atoms with Crippen LogP contribution in [0.5, 0.6) is 0 Å². The second-order valence-electron chi connectivity index (χ2n) is 6.90. The molecule has 0 aromatic heterocycles. The number of hydrogen-bond acceptors (Lipinski definition) is 4. The van der Waals surface area contributed by atoms with Crippen molar-refractivity contribution in [3.05, 3.63) is 56.7 Å². The highest BCUT2D eigenvalue weighted by Crippen LogP contribution is 2.31. The molecule has 7 heteroatoms. The lowest BCUT2D eigenvalue weighted by molar-refractivity contribution is -0.127. The van der Waals surface area contributed by atoms with Crippen LogP contribution in [0.15, 0.2) is 41.4 Å². The number of hydrogen-bond donors (Lipinski definition) is 1. The van der Waals surface area contributed by atoms with Crippen LogP contribution >= 0.6 is 34.4 Å². The van der Waals surface area contributed by atoms with Gasteiger partial charge in [-0.15, -0.1) is 0 Å². The van der Waals surface area contributed by atoms with Gasteiger partial charge in [0.25, 0.3) is 0 Å². The molecular formula is C21H22IN3O2S. The number of benzene rings is 2. The smallest absolute Gasteiger partial charge is 0.242 e. The largest absolute Gasteiger partial charge is 0.326 e. The summed E-state index contributed by atoms with van der Waals surface area (Å²) < 4.78 is 1.13. The Balaban J connectivity index is 1.70. The molecule has 0 radical (unpaired) electrons. The van der Waals surface area contributed by atoms with E-state index in [0.717, 1.165) is 31.6 Å². The van der Waals surface area contributed by atoms with E-state index in [9.17, 15) is 9.59 Å². The number of carbonyl (C=O) groups excluding carboxylic acids is 2. The number of rotatable bonds is 4. The Labute approximate surface area is 183 Å². The maximum atomic E-state index is 12.6. The van der Waals surface area contributed by atoms with Gasteiger partial charge in [0.1, 0.15) is 5.25 Å². The zero-order valence-electron chi connectivity index (χ0n) is 16.2. The molecule has 1 aliphatic rings. The third-order valence-corrected chi connectivity index (χ3v) is 6.45. The van der Waals surface area contributed by atoms with E-state index in [1.54, 1.807) is 7.05 Å². The molecule has 1 N–H and O–H groups in total. The van der Waals surface area contributed by atoms with Gasteiger partial charge in [0.2, 0.25) is 11.8 Å². The van der Waals surface area contributed by atoms with Crippen molar-refractivity contribution in [1.82, 2.24) is 4.90 Å². The number of aliphatic imine (C=N–C) groups is 1. The standard InChI is InChI=1S/C21H22IN3O2S/c1-12-9-13(2)19(14(3)10-12)24-18(26)11-17-20(27)25(4)21(28-17)23-16-7-5-15(22)6-8-16/h5-10,17H,11H2,1-4H3,(H,24,26). The number of anilines is 1. The molecule has 5 nitrogen and oxygen atoms in total. The first-order chi connectivity index (χ1) is 13.2. The van der Waals surface area contributed by atoms with Crippen LogP contribution in [0.3, 0.4) is 0 Å². The quantitative estimate of drug-likeness (QED) is 0.605. The summed E-state index contributed by atoms with van der Waals surface area (Å²) in [6.07, 6.45) is 0.117. The van der Waals surface area contributed by atoms with Crippen LogP contribution in [0.25, 0.3) is 0 Å². The van der Waals surface area contributed by atoms with Gasteiger partial charge in [-0.3, -0.25) is 14.5 Å². The van der Waals surface area contributed by atoms with E-state index in [1.807, 2.05) is 57.2 Å². The van der Waals surface area contributed by atoms with Crippen molar-refractivity contribution < 1.29 is 9.59 Å². The van der Waals surface area contributed by atoms with Crippen LogP contribution < -0.4 is 5.32 Å². The number of thioether (sulfide) groups is 1. The minimum atomic E-state index is -0.460. The van der Waals surface area contributed by atoms with Crippen molar-refractivity contribution in [3.63, 3.8) is 0 Å². The van der Waals surface area contributed by atoms with Crippen LogP contribution in [0.4, 0.5) is 11.4 Å². The molecule has 28 heavy (non-hydrogen) atoms. The third kappa shape index (κ3) is 4.75. The molecule has 1 unspecified atom stereocenters. The zero-order valence-corrected chi connectivity index (χ0v) is 19.2. The molecule has 1 heterocycles. The number of nitrogens with zero attached hydrogens (tertiary/aromatic N) is 2. The Morgan fingerprint density at radius 1 is 1.18 bits per heavy atom. The summed E-state index contributed by atoms with van der Waals surface area (Å²) >= 11 is 3.58. The Morgan fingerprint density at radius 3 is 2.39 bits per heavy atom. The van der Waals surface area contributed by atoms with Crippen LogP contribution in [0.2, 0.25) is 0 Å². The number of amides is 2. The summed E-state index contributed by atoms with van der Waals surface area (Å²) in [5, 5.41) is 3.13. The summed E-state index contributed by atoms with van der Waals surface area (Å²) in [5.74, 6) is -0.258. The van der Waals surface area contributed by atoms with E-state index in [-0.39, 0.29) is 18.2 Å². The lowest BCUT2D eigenvalue weighted by Crippen LogP contribution is -2.30. The van der Waals surface area contributed by atoms with Gasteiger partial charge in [0, 0.05) is 22.7 Å². The van der Waals surface area contributed by atoms with Crippen molar-refractivity contribution in [3.8, 4) is 0 Å². The average Bonchev–Trinajstić information content (AvgIpc) is 2.88. The fourth-order valence-electron chi connectivity index (χ4n) is 3.16. The molecule has 3 rings (SSSR count). The van der Waals surface area contributed by atoms with Crippen LogP contribution in [-0.4, -0.2) is 34.2 Å². The van der Waals surface area contributed by atoms with Gasteiger partial charge < -0.3 is 5.32 Å². The van der Waals surface area contributed by atoms with Gasteiger partial charge in [-0.1, -0.05) is 29.5 Å². The summed E-state index contributed by atoms with van der Waals surface area (Å²) in [4.78, 5) is 31.2. The fourth-order valence-corrected chi connectivity index (χ4v) is 4.67. The lowest BCUT2D eigenvalue weighted by Gasteiger charge is -2.14. The second kappa shape index (κ2) is 8.65. The Kier molecular flexibility index (Phi) is 6.44. The van der Waals surface area contributed by atoms with Crippen molar-refractivity contribution in [1.29, 1.82) is 0 Å². The Bertz CT molecular complexity index is 934. The van der Waals surface area contributed by atoms with Crippen molar-refractivity contribution in [2.24, 2.45) is 4.99 Å². The average molecular weight is 507 g/mol. The molecule has 146 valence electrons. The minimum Gasteiger partial charge on any atom is -0.326 e. The highest BCUT2D eigenvalue weighted by molar-refractivity contribution is 14.1. The van der Waals surface area contributed by atoms with E-state index < -0.39 is 5.25 Å². The maximum absolute atomic E-state index is 12.6. The summed E-state index contributed by atoms with van der Waals surface area (Å²) in [6, 6.07) is 11.8. The van der Waals surface area contributed by atoms with Crippen molar-refractivity contribution >= 4 is 62.7 Å². The van der Waals surface area contributed by atoms with Gasteiger partial charge in [-0.25, -0.2) is 4.99 Å². The number of aryl methyl sites for hydroxylation is 3. The molecular weight excluding hydrogens is 485 g/mol. The SMILES string of the molecule is Cc1cc(C)c(NC(=O)CC2SC(=Nc3ccc(I)cc3)N(C)C2=O)c(C)c1. The first-order valence-corrected chi connectivity index (χ1v) is 10.9. The van der Waals surface area contributed by atoms with E-state index in [2.05, 4.69) is 32.9 Å². The van der Waals surface area contributed by atoms with Gasteiger partial charge in [-0.2, -0.15) is 0 Å². The molecule has 0 bridgehead atoms. The number of halogens is 1. The fraction of sp³-hybridized carbons (Fsp3) is 0.286. The number of nitrogens with one attached hydrogen (secondary N) is 1. The summed E-state index contributed by atoms with van der Waals surface area (Å²) in [7, 11) is 1.70. The topological polar surface area (TPSA) is 61.8 Å². The maximum Gasteiger partial charge on any atom is 0.242 e. The summed E-state index contributed by atoms with van der Waals surface area (Å²) in [5.41, 5.74) is 4.82. The Hall–Kier alpha value is -1.87.